The Hall–Kier alpha value is -1.75. The van der Waals surface area contributed by atoms with Gasteiger partial charge in [0, 0.05) is 11.5 Å². The lowest BCUT2D eigenvalue weighted by atomic mass is 9.77. The van der Waals surface area contributed by atoms with Crippen LogP contribution >= 0.6 is 0 Å². The molecule has 3 nitrogen and oxygen atoms in total. The van der Waals surface area contributed by atoms with E-state index in [0.717, 1.165) is 18.2 Å². The summed E-state index contributed by atoms with van der Waals surface area (Å²) in [5, 5.41) is 19.3. The van der Waals surface area contributed by atoms with E-state index in [0.29, 0.717) is 6.42 Å². The molecule has 2 N–H and O–H groups in total. The Labute approximate surface area is 109 Å². The molecule has 3 atom stereocenters. The predicted molar refractivity (Wildman–Crippen MR) is 64.3 cm³/mol. The quantitative estimate of drug-likeness (QED) is 0.829. The first-order valence-corrected chi connectivity index (χ1v) is 6.01. The van der Waals surface area contributed by atoms with Crippen LogP contribution in [0, 0.1) is 23.5 Å². The number of halogens is 2. The van der Waals surface area contributed by atoms with E-state index >= 15 is 0 Å². The van der Waals surface area contributed by atoms with Gasteiger partial charge in [-0.3, -0.25) is 4.79 Å². The van der Waals surface area contributed by atoms with Crippen LogP contribution in [0.15, 0.2) is 30.4 Å². The smallest absolute Gasteiger partial charge is 0.307 e. The maximum Gasteiger partial charge on any atom is 0.307 e. The highest BCUT2D eigenvalue weighted by molar-refractivity contribution is 5.71. The van der Waals surface area contributed by atoms with E-state index in [4.69, 9.17) is 5.11 Å². The van der Waals surface area contributed by atoms with Crippen molar-refractivity contribution >= 4 is 5.97 Å². The highest BCUT2D eigenvalue weighted by Gasteiger charge is 2.35. The molecule has 0 amide bonds. The van der Waals surface area contributed by atoms with Crippen molar-refractivity contribution in [1.29, 1.82) is 0 Å². The van der Waals surface area contributed by atoms with Crippen molar-refractivity contribution in [2.45, 2.75) is 18.9 Å². The molecule has 1 aromatic rings. The van der Waals surface area contributed by atoms with E-state index in [1.54, 1.807) is 12.2 Å². The van der Waals surface area contributed by atoms with E-state index in [-0.39, 0.29) is 12.0 Å². The molecule has 3 unspecified atom stereocenters. The molecule has 0 heterocycles. The summed E-state index contributed by atoms with van der Waals surface area (Å²) in [6.07, 6.45) is 2.76. The highest BCUT2D eigenvalue weighted by atomic mass is 19.1. The number of benzene rings is 1. The molecular formula is C14H14F2O3. The fraction of sp³-hybridized carbons (Fsp3) is 0.357. The highest BCUT2D eigenvalue weighted by Crippen LogP contribution is 2.37. The Morgan fingerprint density at radius 2 is 1.95 bits per heavy atom. The zero-order valence-corrected chi connectivity index (χ0v) is 10.1. The molecule has 102 valence electrons. The molecule has 0 radical (unpaired) electrons. The summed E-state index contributed by atoms with van der Waals surface area (Å²) < 4.78 is 26.7. The van der Waals surface area contributed by atoms with E-state index in [1.165, 1.54) is 0 Å². The molecule has 5 heteroatoms. The van der Waals surface area contributed by atoms with Gasteiger partial charge in [-0.25, -0.2) is 8.78 Å². The largest absolute Gasteiger partial charge is 0.481 e. The Morgan fingerprint density at radius 3 is 2.63 bits per heavy atom. The van der Waals surface area contributed by atoms with Crippen LogP contribution in [0.4, 0.5) is 8.78 Å². The van der Waals surface area contributed by atoms with Gasteiger partial charge in [0.2, 0.25) is 0 Å². The third kappa shape index (κ3) is 2.81. The maximum atomic E-state index is 13.6. The first-order chi connectivity index (χ1) is 9.00. The molecular weight excluding hydrogens is 254 g/mol. The lowest BCUT2D eigenvalue weighted by Crippen LogP contribution is -2.30. The van der Waals surface area contributed by atoms with E-state index in [9.17, 15) is 18.7 Å². The van der Waals surface area contributed by atoms with E-state index in [2.05, 4.69) is 0 Å². The Balaban J connectivity index is 2.31. The topological polar surface area (TPSA) is 57.5 Å². The standard InChI is InChI=1S/C14H14F2O3/c15-8-5-6-12(16)11(7-8)13(17)9-3-1-2-4-10(9)14(18)19/h1-2,5-7,9-10,13,17H,3-4H2,(H,18,19). The molecule has 0 aliphatic heterocycles. The van der Waals surface area contributed by atoms with Crippen molar-refractivity contribution in [2.24, 2.45) is 11.8 Å². The summed E-state index contributed by atoms with van der Waals surface area (Å²) >= 11 is 0. The number of hydrogen-bond acceptors (Lipinski definition) is 2. The Morgan fingerprint density at radius 1 is 1.26 bits per heavy atom. The van der Waals surface area contributed by atoms with E-state index in [1.807, 2.05) is 0 Å². The van der Waals surface area contributed by atoms with Gasteiger partial charge >= 0.3 is 5.97 Å². The molecule has 0 spiro atoms. The van der Waals surface area contributed by atoms with Gasteiger partial charge in [-0.05, 0) is 31.0 Å². The van der Waals surface area contributed by atoms with Crippen molar-refractivity contribution in [1.82, 2.24) is 0 Å². The van der Waals surface area contributed by atoms with Gasteiger partial charge in [0.15, 0.2) is 0 Å². The zero-order valence-electron chi connectivity index (χ0n) is 10.1. The molecule has 1 aliphatic carbocycles. The molecule has 1 aromatic carbocycles. The number of carbonyl (C=O) groups is 1. The number of hydrogen-bond donors (Lipinski definition) is 2. The average molecular weight is 268 g/mol. The minimum Gasteiger partial charge on any atom is -0.481 e. The van der Waals surface area contributed by atoms with Crippen molar-refractivity contribution in [2.75, 3.05) is 0 Å². The summed E-state index contributed by atoms with van der Waals surface area (Å²) in [6.45, 7) is 0. The van der Waals surface area contributed by atoms with Crippen LogP contribution in [0.5, 0.6) is 0 Å². The van der Waals surface area contributed by atoms with E-state index < -0.39 is 35.5 Å². The van der Waals surface area contributed by atoms with Gasteiger partial charge in [0.1, 0.15) is 11.6 Å². The second kappa shape index (κ2) is 5.48. The molecule has 0 bridgehead atoms. The SMILES string of the molecule is O=C(O)C1CC=CCC1C(O)c1cc(F)ccc1F. The van der Waals surface area contributed by atoms with Gasteiger partial charge in [-0.15, -0.1) is 0 Å². The molecule has 19 heavy (non-hydrogen) atoms. The number of aliphatic hydroxyl groups is 1. The van der Waals surface area contributed by atoms with Gasteiger partial charge < -0.3 is 10.2 Å². The molecule has 0 aromatic heterocycles. The first-order valence-electron chi connectivity index (χ1n) is 6.01. The number of carboxylic acids is 1. The predicted octanol–water partition coefficient (Wildman–Crippen LogP) is 2.67. The minimum atomic E-state index is -1.33. The lowest BCUT2D eigenvalue weighted by molar-refractivity contribution is -0.145. The summed E-state index contributed by atoms with van der Waals surface area (Å²) in [5.74, 6) is -3.87. The van der Waals surface area contributed by atoms with Gasteiger partial charge in [-0.1, -0.05) is 12.2 Å². The first kappa shape index (κ1) is 13.7. The fourth-order valence-corrected chi connectivity index (χ4v) is 2.44. The number of aliphatic carboxylic acids is 1. The second-order valence-corrected chi connectivity index (χ2v) is 4.66. The summed E-state index contributed by atoms with van der Waals surface area (Å²) in [6, 6.07) is 2.81. The van der Waals surface area contributed by atoms with Crippen LogP contribution in [-0.4, -0.2) is 16.2 Å². The molecule has 0 saturated carbocycles. The second-order valence-electron chi connectivity index (χ2n) is 4.66. The van der Waals surface area contributed by atoms with Crippen molar-refractivity contribution in [3.63, 3.8) is 0 Å². The Bertz CT molecular complexity index is 513. The summed E-state index contributed by atoms with van der Waals surface area (Å²) in [5.41, 5.74) is -0.188. The molecule has 0 saturated heterocycles. The normalized spacial score (nSPS) is 24.2. The minimum absolute atomic E-state index is 0.188. The number of carboxylic acid groups (broad SMARTS) is 1. The molecule has 0 fully saturated rings. The van der Waals surface area contributed by atoms with Crippen LogP contribution in [-0.2, 0) is 4.79 Å². The van der Waals surface area contributed by atoms with Crippen LogP contribution < -0.4 is 0 Å². The fourth-order valence-electron chi connectivity index (χ4n) is 2.44. The summed E-state index contributed by atoms with van der Waals surface area (Å²) in [7, 11) is 0. The summed E-state index contributed by atoms with van der Waals surface area (Å²) in [4.78, 5) is 11.1. The maximum absolute atomic E-state index is 13.6. The van der Waals surface area contributed by atoms with Crippen molar-refractivity contribution in [3.8, 4) is 0 Å². The van der Waals surface area contributed by atoms with Crippen molar-refractivity contribution in [3.05, 3.63) is 47.5 Å². The van der Waals surface area contributed by atoms with Crippen LogP contribution in [0.3, 0.4) is 0 Å². The Kier molecular flexibility index (Phi) is 3.95. The molecule has 1 aliphatic rings. The third-order valence-electron chi connectivity index (χ3n) is 3.48. The van der Waals surface area contributed by atoms with Crippen LogP contribution in [0.2, 0.25) is 0 Å². The third-order valence-corrected chi connectivity index (χ3v) is 3.48. The van der Waals surface area contributed by atoms with Gasteiger partial charge in [-0.2, -0.15) is 0 Å². The molecule has 2 rings (SSSR count). The van der Waals surface area contributed by atoms with Crippen LogP contribution in [0.1, 0.15) is 24.5 Å². The van der Waals surface area contributed by atoms with Crippen molar-refractivity contribution < 1.29 is 23.8 Å². The number of allylic oxidation sites excluding steroid dienone is 2. The number of aliphatic hydroxyl groups excluding tert-OH is 1. The monoisotopic (exact) mass is 268 g/mol. The number of rotatable bonds is 3. The average Bonchev–Trinajstić information content (AvgIpc) is 2.40. The van der Waals surface area contributed by atoms with Gasteiger partial charge in [0.05, 0.1) is 12.0 Å². The van der Waals surface area contributed by atoms with Gasteiger partial charge in [0.25, 0.3) is 0 Å². The lowest BCUT2D eigenvalue weighted by Gasteiger charge is -2.29. The zero-order chi connectivity index (χ0) is 14.0. The van der Waals surface area contributed by atoms with Crippen LogP contribution in [0.25, 0.3) is 0 Å².